The molecule has 0 unspecified atom stereocenters. The van der Waals surface area contributed by atoms with Crippen molar-refractivity contribution in [2.24, 2.45) is 0 Å². The van der Waals surface area contributed by atoms with Crippen LogP contribution in [-0.2, 0) is 14.3 Å². The maximum absolute atomic E-state index is 13.2. The summed E-state index contributed by atoms with van der Waals surface area (Å²) in [7, 11) is 1.10. The number of methoxy groups -OCH3 is 1. The van der Waals surface area contributed by atoms with E-state index in [1.807, 2.05) is 0 Å². The summed E-state index contributed by atoms with van der Waals surface area (Å²) in [5, 5.41) is 0. The monoisotopic (exact) mass is 245 g/mol. The Morgan fingerprint density at radius 2 is 1.94 bits per heavy atom. The second-order valence-electron chi connectivity index (χ2n) is 3.01. The van der Waals surface area contributed by atoms with Gasteiger partial charge in [-0.3, -0.25) is 0 Å². The molecule has 0 fully saturated rings. The average molecular weight is 245 g/mol. The van der Waals surface area contributed by atoms with Gasteiger partial charge in [-0.2, -0.15) is 0 Å². The number of carbonyl (C=O) groups excluding carboxylic acids is 2. The number of nitrogens with two attached hydrogens (primary N) is 1. The van der Waals surface area contributed by atoms with Gasteiger partial charge >= 0.3 is 11.9 Å². The summed E-state index contributed by atoms with van der Waals surface area (Å²) >= 11 is 0. The Morgan fingerprint density at radius 1 is 1.29 bits per heavy atom. The number of anilines is 1. The number of benzene rings is 1. The Balaban J connectivity index is 2.82. The summed E-state index contributed by atoms with van der Waals surface area (Å²) in [6.45, 7) is -0.680. The molecule has 7 heteroatoms. The Labute approximate surface area is 95.1 Å². The molecule has 2 N–H and O–H groups in total. The van der Waals surface area contributed by atoms with Crippen LogP contribution in [0.4, 0.5) is 14.5 Å². The molecule has 0 aromatic heterocycles. The molecule has 0 aliphatic carbocycles. The van der Waals surface area contributed by atoms with E-state index in [2.05, 4.69) is 9.47 Å². The zero-order valence-electron chi connectivity index (χ0n) is 8.83. The fraction of sp³-hybridized carbons (Fsp3) is 0.200. The number of halogens is 2. The molecule has 1 aromatic rings. The molecule has 5 nitrogen and oxygen atoms in total. The number of rotatable bonds is 3. The number of ether oxygens (including phenoxy) is 2. The van der Waals surface area contributed by atoms with Gasteiger partial charge in [-0.1, -0.05) is 0 Å². The third-order valence-corrected chi connectivity index (χ3v) is 1.86. The molecule has 92 valence electrons. The molecular weight excluding hydrogens is 236 g/mol. The van der Waals surface area contributed by atoms with Crippen LogP contribution in [0, 0.1) is 11.6 Å². The lowest BCUT2D eigenvalue weighted by Crippen LogP contribution is -2.16. The van der Waals surface area contributed by atoms with Crippen LogP contribution in [-0.4, -0.2) is 25.7 Å². The third-order valence-electron chi connectivity index (χ3n) is 1.86. The summed E-state index contributed by atoms with van der Waals surface area (Å²) in [6, 6.07) is 1.26. The molecule has 1 aromatic carbocycles. The molecule has 17 heavy (non-hydrogen) atoms. The van der Waals surface area contributed by atoms with Crippen molar-refractivity contribution in [1.82, 2.24) is 0 Å². The van der Waals surface area contributed by atoms with Gasteiger partial charge in [-0.15, -0.1) is 0 Å². The standard InChI is InChI=1S/C10H9F2NO4/c1-16-9(14)4-17-10(15)5-2-7(12)8(13)3-6(5)11/h2-3H,4,13H2,1H3. The van der Waals surface area contributed by atoms with E-state index in [4.69, 9.17) is 5.73 Å². The van der Waals surface area contributed by atoms with Crippen LogP contribution in [0.1, 0.15) is 10.4 Å². The van der Waals surface area contributed by atoms with Crippen LogP contribution in [0.3, 0.4) is 0 Å². The summed E-state index contributed by atoms with van der Waals surface area (Å²) < 4.78 is 34.8. The van der Waals surface area contributed by atoms with Crippen molar-refractivity contribution in [1.29, 1.82) is 0 Å². The minimum absolute atomic E-state index is 0.424. The van der Waals surface area contributed by atoms with Crippen LogP contribution in [0.25, 0.3) is 0 Å². The zero-order chi connectivity index (χ0) is 13.0. The smallest absolute Gasteiger partial charge is 0.344 e. The van der Waals surface area contributed by atoms with E-state index in [0.717, 1.165) is 7.11 Å². The molecule has 0 bridgehead atoms. The molecule has 0 aliphatic heterocycles. The maximum Gasteiger partial charge on any atom is 0.344 e. The van der Waals surface area contributed by atoms with Crippen LogP contribution >= 0.6 is 0 Å². The molecule has 1 rings (SSSR count). The van der Waals surface area contributed by atoms with Gasteiger partial charge in [-0.25, -0.2) is 18.4 Å². The van der Waals surface area contributed by atoms with E-state index in [-0.39, 0.29) is 0 Å². The third kappa shape index (κ3) is 3.13. The predicted octanol–water partition coefficient (Wildman–Crippen LogP) is 0.877. The van der Waals surface area contributed by atoms with Crippen LogP contribution < -0.4 is 5.73 Å². The second kappa shape index (κ2) is 5.24. The number of hydrogen-bond acceptors (Lipinski definition) is 5. The fourth-order valence-corrected chi connectivity index (χ4v) is 0.980. The summed E-state index contributed by atoms with van der Waals surface area (Å²) in [6.07, 6.45) is 0. The van der Waals surface area contributed by atoms with Crippen LogP contribution in [0.2, 0.25) is 0 Å². The van der Waals surface area contributed by atoms with Gasteiger partial charge in [0.05, 0.1) is 18.4 Å². The van der Waals surface area contributed by atoms with Gasteiger partial charge in [0.25, 0.3) is 0 Å². The lowest BCUT2D eigenvalue weighted by Gasteiger charge is -2.05. The first-order chi connectivity index (χ1) is 7.95. The normalized spacial score (nSPS) is 9.82. The minimum atomic E-state index is -1.17. The van der Waals surface area contributed by atoms with E-state index in [1.54, 1.807) is 0 Å². The van der Waals surface area contributed by atoms with Gasteiger partial charge in [0.1, 0.15) is 11.6 Å². The largest absolute Gasteiger partial charge is 0.466 e. The topological polar surface area (TPSA) is 78.6 Å². The van der Waals surface area contributed by atoms with Crippen molar-refractivity contribution in [3.8, 4) is 0 Å². The van der Waals surface area contributed by atoms with Crippen molar-refractivity contribution in [2.45, 2.75) is 0 Å². The maximum atomic E-state index is 13.2. The number of carbonyl (C=O) groups is 2. The SMILES string of the molecule is COC(=O)COC(=O)c1cc(F)c(N)cc1F. The molecule has 0 radical (unpaired) electrons. The van der Waals surface area contributed by atoms with E-state index in [9.17, 15) is 18.4 Å². The van der Waals surface area contributed by atoms with Gasteiger partial charge in [0.15, 0.2) is 6.61 Å². The molecule has 0 amide bonds. The Hall–Kier alpha value is -2.18. The quantitative estimate of drug-likeness (QED) is 0.631. The first-order valence-corrected chi connectivity index (χ1v) is 4.44. The number of esters is 2. The van der Waals surface area contributed by atoms with Crippen LogP contribution in [0.5, 0.6) is 0 Å². The molecule has 0 spiro atoms. The molecule has 0 heterocycles. The number of hydrogen-bond donors (Lipinski definition) is 1. The van der Waals surface area contributed by atoms with Crippen LogP contribution in [0.15, 0.2) is 12.1 Å². The lowest BCUT2D eigenvalue weighted by atomic mass is 10.2. The highest BCUT2D eigenvalue weighted by molar-refractivity contribution is 5.91. The van der Waals surface area contributed by atoms with Crippen molar-refractivity contribution in [3.63, 3.8) is 0 Å². The van der Waals surface area contributed by atoms with Crippen molar-refractivity contribution in [3.05, 3.63) is 29.3 Å². The Morgan fingerprint density at radius 3 is 2.53 bits per heavy atom. The van der Waals surface area contributed by atoms with Gasteiger partial charge in [-0.05, 0) is 6.07 Å². The fourth-order valence-electron chi connectivity index (χ4n) is 0.980. The van der Waals surface area contributed by atoms with E-state index in [1.165, 1.54) is 0 Å². The summed E-state index contributed by atoms with van der Waals surface area (Å²) in [4.78, 5) is 21.9. The lowest BCUT2D eigenvalue weighted by molar-refractivity contribution is -0.144. The van der Waals surface area contributed by atoms with Gasteiger partial charge < -0.3 is 15.2 Å². The van der Waals surface area contributed by atoms with Gasteiger partial charge in [0, 0.05) is 6.07 Å². The van der Waals surface area contributed by atoms with E-state index in [0.29, 0.717) is 12.1 Å². The first-order valence-electron chi connectivity index (χ1n) is 4.44. The molecule has 0 saturated heterocycles. The molecule has 0 atom stereocenters. The highest BCUT2D eigenvalue weighted by Crippen LogP contribution is 2.17. The minimum Gasteiger partial charge on any atom is -0.466 e. The second-order valence-corrected chi connectivity index (χ2v) is 3.01. The molecule has 0 aliphatic rings. The number of nitrogen functional groups attached to an aromatic ring is 1. The predicted molar refractivity (Wildman–Crippen MR) is 53.1 cm³/mol. The van der Waals surface area contributed by atoms with Crippen molar-refractivity contribution >= 4 is 17.6 Å². The molecule has 0 saturated carbocycles. The average Bonchev–Trinajstić information content (AvgIpc) is 2.30. The van der Waals surface area contributed by atoms with E-state index < -0.39 is 41.4 Å². The zero-order valence-corrected chi connectivity index (χ0v) is 8.83. The Kier molecular flexibility index (Phi) is 3.97. The first kappa shape index (κ1) is 12.9. The van der Waals surface area contributed by atoms with Crippen molar-refractivity contribution in [2.75, 3.05) is 19.5 Å². The summed E-state index contributed by atoms with van der Waals surface area (Å²) in [5.41, 5.74) is 4.03. The van der Waals surface area contributed by atoms with Crippen molar-refractivity contribution < 1.29 is 27.8 Å². The highest BCUT2D eigenvalue weighted by Gasteiger charge is 2.17. The highest BCUT2D eigenvalue weighted by atomic mass is 19.1. The summed E-state index contributed by atoms with van der Waals surface area (Å²) in [5.74, 6) is -3.96. The van der Waals surface area contributed by atoms with E-state index >= 15 is 0 Å². The Bertz CT molecular complexity index is 462. The van der Waals surface area contributed by atoms with Gasteiger partial charge in [0.2, 0.25) is 0 Å². The molecular formula is C10H9F2NO4.